The lowest BCUT2D eigenvalue weighted by molar-refractivity contribution is -0.117. The lowest BCUT2D eigenvalue weighted by Gasteiger charge is -2.17. The molecular weight excluding hydrogens is 446 g/mol. The Morgan fingerprint density at radius 1 is 1.09 bits per heavy atom. The quantitative estimate of drug-likeness (QED) is 0.444. The van der Waals surface area contributed by atoms with Crippen molar-refractivity contribution in [1.29, 1.82) is 0 Å². The van der Waals surface area contributed by atoms with Crippen LogP contribution < -0.4 is 16.0 Å². The number of aromatic amines is 1. The van der Waals surface area contributed by atoms with Gasteiger partial charge in [0, 0.05) is 30.8 Å². The molecule has 0 bridgehead atoms. The Morgan fingerprint density at radius 2 is 1.89 bits per heavy atom. The van der Waals surface area contributed by atoms with Crippen LogP contribution in [-0.4, -0.2) is 32.1 Å². The van der Waals surface area contributed by atoms with E-state index in [0.29, 0.717) is 47.8 Å². The highest BCUT2D eigenvalue weighted by molar-refractivity contribution is 5.96. The van der Waals surface area contributed by atoms with Gasteiger partial charge in [-0.25, -0.2) is 0 Å². The minimum atomic E-state index is -0.667. The summed E-state index contributed by atoms with van der Waals surface area (Å²) in [5, 5.41) is 4.12. The Kier molecular flexibility index (Phi) is 5.62. The second-order valence-corrected chi connectivity index (χ2v) is 9.63. The molecule has 4 aromatic rings. The van der Waals surface area contributed by atoms with Gasteiger partial charge in [-0.3, -0.25) is 14.4 Å². The van der Waals surface area contributed by atoms with Crippen LogP contribution in [0.25, 0.3) is 22.4 Å². The first-order valence-electron chi connectivity index (χ1n) is 11.7. The van der Waals surface area contributed by atoms with E-state index < -0.39 is 11.1 Å². The number of hydrogen-bond acceptors (Lipinski definition) is 6. The van der Waals surface area contributed by atoms with Crippen molar-refractivity contribution in [1.82, 2.24) is 19.7 Å². The average molecular weight is 474 g/mol. The SMILES string of the molecule is Cc1ccc(N2C[C@@H](c3nc(-c4ccc5c(c4)[nH]c(=O)c(=O)n5CC(C)C)no3)CC2=O)cc1C. The molecule has 1 aliphatic heterocycles. The summed E-state index contributed by atoms with van der Waals surface area (Å²) >= 11 is 0. The third-order valence-corrected chi connectivity index (χ3v) is 6.50. The minimum Gasteiger partial charge on any atom is -0.339 e. The number of nitrogens with one attached hydrogen (secondary N) is 1. The summed E-state index contributed by atoms with van der Waals surface area (Å²) in [6, 6.07) is 11.3. The highest BCUT2D eigenvalue weighted by atomic mass is 16.5. The van der Waals surface area contributed by atoms with Crippen LogP contribution in [-0.2, 0) is 11.3 Å². The molecule has 5 rings (SSSR count). The van der Waals surface area contributed by atoms with Crippen molar-refractivity contribution < 1.29 is 9.32 Å². The van der Waals surface area contributed by atoms with Gasteiger partial charge in [-0.15, -0.1) is 0 Å². The highest BCUT2D eigenvalue weighted by Crippen LogP contribution is 2.33. The van der Waals surface area contributed by atoms with E-state index in [1.165, 1.54) is 10.1 Å². The van der Waals surface area contributed by atoms with Crippen LogP contribution in [0.5, 0.6) is 0 Å². The molecule has 0 radical (unpaired) electrons. The molecule has 2 aromatic carbocycles. The zero-order valence-corrected chi connectivity index (χ0v) is 20.2. The van der Waals surface area contributed by atoms with E-state index in [2.05, 4.69) is 15.1 Å². The molecule has 9 heteroatoms. The van der Waals surface area contributed by atoms with E-state index in [9.17, 15) is 14.4 Å². The molecule has 35 heavy (non-hydrogen) atoms. The molecule has 3 heterocycles. The topological polar surface area (TPSA) is 114 Å². The largest absolute Gasteiger partial charge is 0.339 e. The summed E-state index contributed by atoms with van der Waals surface area (Å²) in [5.41, 5.74) is 3.75. The van der Waals surface area contributed by atoms with E-state index >= 15 is 0 Å². The molecule has 180 valence electrons. The number of nitrogens with zero attached hydrogens (tertiary/aromatic N) is 4. The second-order valence-electron chi connectivity index (χ2n) is 9.63. The first-order chi connectivity index (χ1) is 16.7. The number of hydrogen-bond donors (Lipinski definition) is 1. The van der Waals surface area contributed by atoms with E-state index in [1.54, 1.807) is 23.1 Å². The van der Waals surface area contributed by atoms with Crippen LogP contribution in [0.4, 0.5) is 5.69 Å². The summed E-state index contributed by atoms with van der Waals surface area (Å²) in [7, 11) is 0. The normalized spacial score (nSPS) is 16.1. The fourth-order valence-electron chi connectivity index (χ4n) is 4.50. The van der Waals surface area contributed by atoms with Gasteiger partial charge in [0.25, 0.3) is 0 Å². The number of benzene rings is 2. The predicted octanol–water partition coefficient (Wildman–Crippen LogP) is 3.53. The summed E-state index contributed by atoms with van der Waals surface area (Å²) in [5.74, 6) is 0.778. The summed E-state index contributed by atoms with van der Waals surface area (Å²) in [6.07, 6.45) is 0.293. The molecule has 1 saturated heterocycles. The molecule has 0 aliphatic carbocycles. The van der Waals surface area contributed by atoms with Crippen LogP contribution in [0.3, 0.4) is 0 Å². The molecule has 1 fully saturated rings. The summed E-state index contributed by atoms with van der Waals surface area (Å²) in [6.45, 7) is 8.96. The Labute approximate surface area is 201 Å². The highest BCUT2D eigenvalue weighted by Gasteiger charge is 2.35. The van der Waals surface area contributed by atoms with Crippen LogP contribution in [0.15, 0.2) is 50.5 Å². The molecule has 1 aliphatic rings. The predicted molar refractivity (Wildman–Crippen MR) is 133 cm³/mol. The van der Waals surface area contributed by atoms with Crippen LogP contribution in [0.1, 0.15) is 43.2 Å². The zero-order valence-electron chi connectivity index (χ0n) is 20.2. The number of amides is 1. The molecule has 0 spiro atoms. The minimum absolute atomic E-state index is 0.0180. The number of carbonyl (C=O) groups excluding carboxylic acids is 1. The Balaban J connectivity index is 1.43. The van der Waals surface area contributed by atoms with Crippen molar-refractivity contribution in [3.63, 3.8) is 0 Å². The first kappa shape index (κ1) is 22.8. The zero-order chi connectivity index (χ0) is 24.9. The van der Waals surface area contributed by atoms with Crippen LogP contribution in [0.2, 0.25) is 0 Å². The maximum absolute atomic E-state index is 12.7. The van der Waals surface area contributed by atoms with Gasteiger partial charge in [-0.1, -0.05) is 25.1 Å². The standard InChI is InChI=1S/C26H27N5O4/c1-14(2)12-31-21-8-6-17(10-20(21)27-24(33)26(31)34)23-28-25(35-29-23)18-11-22(32)30(13-18)19-7-5-15(3)16(4)9-19/h5-10,14,18H,11-13H2,1-4H3,(H,27,33)/t18-/m0/s1. The van der Waals surface area contributed by atoms with Gasteiger partial charge in [-0.2, -0.15) is 4.98 Å². The molecule has 1 amide bonds. The van der Waals surface area contributed by atoms with Gasteiger partial charge in [0.15, 0.2) is 0 Å². The molecule has 0 unspecified atom stereocenters. The van der Waals surface area contributed by atoms with Crippen molar-refractivity contribution in [3.8, 4) is 11.4 Å². The van der Waals surface area contributed by atoms with Crippen molar-refractivity contribution in [2.75, 3.05) is 11.4 Å². The van der Waals surface area contributed by atoms with Gasteiger partial charge >= 0.3 is 11.1 Å². The van der Waals surface area contributed by atoms with Crippen molar-refractivity contribution >= 4 is 22.6 Å². The Bertz CT molecular complexity index is 1560. The fourth-order valence-corrected chi connectivity index (χ4v) is 4.50. The maximum atomic E-state index is 12.7. The lowest BCUT2D eigenvalue weighted by atomic mass is 10.1. The van der Waals surface area contributed by atoms with Crippen molar-refractivity contribution in [3.05, 3.63) is 74.1 Å². The number of fused-ring (bicyclic) bond motifs is 1. The number of carbonyl (C=O) groups is 1. The average Bonchev–Trinajstić information content (AvgIpc) is 3.45. The summed E-state index contributed by atoms with van der Waals surface area (Å²) < 4.78 is 7.04. The van der Waals surface area contributed by atoms with Gasteiger partial charge in [0.1, 0.15) is 0 Å². The third-order valence-electron chi connectivity index (χ3n) is 6.50. The molecular formula is C26H27N5O4. The van der Waals surface area contributed by atoms with Gasteiger partial charge in [0.05, 0.1) is 17.0 Å². The number of aryl methyl sites for hydroxylation is 2. The van der Waals surface area contributed by atoms with E-state index in [4.69, 9.17) is 4.52 Å². The molecule has 9 nitrogen and oxygen atoms in total. The second kappa shape index (κ2) is 8.65. The van der Waals surface area contributed by atoms with E-state index in [-0.39, 0.29) is 17.7 Å². The van der Waals surface area contributed by atoms with Gasteiger partial charge < -0.3 is 19.0 Å². The molecule has 0 saturated carbocycles. The fraction of sp³-hybridized carbons (Fsp3) is 0.346. The number of rotatable bonds is 5. The van der Waals surface area contributed by atoms with Crippen molar-refractivity contribution in [2.45, 2.75) is 46.6 Å². The molecule has 1 N–H and O–H groups in total. The number of anilines is 1. The molecule has 1 atom stereocenters. The van der Waals surface area contributed by atoms with Gasteiger partial charge in [0.2, 0.25) is 17.6 Å². The van der Waals surface area contributed by atoms with Crippen LogP contribution in [0, 0.1) is 19.8 Å². The van der Waals surface area contributed by atoms with Crippen molar-refractivity contribution in [2.24, 2.45) is 5.92 Å². The Hall–Kier alpha value is -4.01. The Morgan fingerprint density at radius 3 is 2.63 bits per heavy atom. The number of H-pyrrole nitrogens is 1. The van der Waals surface area contributed by atoms with E-state index in [0.717, 1.165) is 11.3 Å². The summed E-state index contributed by atoms with van der Waals surface area (Å²) in [4.78, 5) is 46.3. The first-order valence-corrected chi connectivity index (χ1v) is 11.7. The monoisotopic (exact) mass is 473 g/mol. The van der Waals surface area contributed by atoms with Crippen LogP contribution >= 0.6 is 0 Å². The van der Waals surface area contributed by atoms with E-state index in [1.807, 2.05) is 45.9 Å². The lowest BCUT2D eigenvalue weighted by Crippen LogP contribution is -2.37. The number of aromatic nitrogens is 4. The third kappa shape index (κ3) is 4.18. The van der Waals surface area contributed by atoms with Gasteiger partial charge in [-0.05, 0) is 61.2 Å². The maximum Gasteiger partial charge on any atom is 0.316 e. The smallest absolute Gasteiger partial charge is 0.316 e. The molecule has 2 aromatic heterocycles.